The van der Waals surface area contributed by atoms with E-state index in [0.29, 0.717) is 73.0 Å². The summed E-state index contributed by atoms with van der Waals surface area (Å²) in [6.45, 7) is 2.79. The van der Waals surface area contributed by atoms with Crippen molar-refractivity contribution in [3.05, 3.63) is 40.7 Å². The summed E-state index contributed by atoms with van der Waals surface area (Å²) in [6, 6.07) is 4.74. The van der Waals surface area contributed by atoms with Gasteiger partial charge in [0, 0.05) is 84.2 Å². The Morgan fingerprint density at radius 1 is 1.26 bits per heavy atom. The van der Waals surface area contributed by atoms with Crippen molar-refractivity contribution in [3.63, 3.8) is 0 Å². The number of carbonyl (C=O) groups is 2. The summed E-state index contributed by atoms with van der Waals surface area (Å²) < 4.78 is 16.2. The molecule has 0 aromatic carbocycles. The highest BCUT2D eigenvalue weighted by Crippen LogP contribution is 2.53. The van der Waals surface area contributed by atoms with Crippen LogP contribution in [-0.2, 0) is 31.2 Å². The van der Waals surface area contributed by atoms with E-state index < -0.39 is 17.9 Å². The van der Waals surface area contributed by atoms with Crippen molar-refractivity contribution in [2.45, 2.75) is 37.3 Å². The summed E-state index contributed by atoms with van der Waals surface area (Å²) in [5, 5.41) is 26.8. The zero-order valence-corrected chi connectivity index (χ0v) is 24.2. The number of nitrogens with one attached hydrogen (secondary N) is 2. The van der Waals surface area contributed by atoms with Crippen LogP contribution in [0.2, 0.25) is 0 Å². The Bertz CT molecular complexity index is 1390. The summed E-state index contributed by atoms with van der Waals surface area (Å²) >= 11 is 0. The van der Waals surface area contributed by atoms with Crippen molar-refractivity contribution >= 4 is 29.3 Å². The smallest absolute Gasteiger partial charge is 0.328 e. The lowest BCUT2D eigenvalue weighted by molar-refractivity contribution is -0.136. The number of likely N-dealkylation sites (N-methyl/N-ethyl adjacent to an activating group) is 1. The van der Waals surface area contributed by atoms with Crippen LogP contribution in [0.1, 0.15) is 41.5 Å². The number of hydrogen-bond acceptors (Lipinski definition) is 11. The molecule has 0 unspecified atom stereocenters. The number of urea groups is 1. The number of amides is 3. The number of nitrogens with zero attached hydrogens (tertiary/aromatic N) is 6. The Hall–Kier alpha value is -3.87. The SMILES string of the molecule is COCCNc1cc(NC(=O)N2c3nc(C(OC)OC)c(CN4CCN(C)CC4=O)cc3C3(O)CC2C3)ncc1C#N. The first-order valence-electron chi connectivity index (χ1n) is 13.7. The van der Waals surface area contributed by atoms with Gasteiger partial charge in [-0.15, -0.1) is 0 Å². The molecule has 0 spiro atoms. The number of methoxy groups -OCH3 is 3. The number of rotatable bonds is 10. The molecule has 5 heterocycles. The lowest BCUT2D eigenvalue weighted by Crippen LogP contribution is -2.61. The fraction of sp³-hybridized carbons (Fsp3) is 0.536. The van der Waals surface area contributed by atoms with Crippen LogP contribution in [0.25, 0.3) is 0 Å². The van der Waals surface area contributed by atoms with Crippen molar-refractivity contribution in [1.82, 2.24) is 19.8 Å². The summed E-state index contributed by atoms with van der Waals surface area (Å²) in [5.41, 5.74) is 1.34. The summed E-state index contributed by atoms with van der Waals surface area (Å²) in [5.74, 6) is 0.540. The molecule has 14 nitrogen and oxygen atoms in total. The van der Waals surface area contributed by atoms with E-state index >= 15 is 0 Å². The van der Waals surface area contributed by atoms with Gasteiger partial charge in [-0.2, -0.15) is 5.26 Å². The van der Waals surface area contributed by atoms with Crippen molar-refractivity contribution in [2.75, 3.05) is 76.7 Å². The van der Waals surface area contributed by atoms with E-state index in [2.05, 4.69) is 21.7 Å². The highest BCUT2D eigenvalue weighted by molar-refractivity contribution is 6.03. The second kappa shape index (κ2) is 12.2. The molecule has 0 radical (unpaired) electrons. The molecule has 2 aromatic heterocycles. The highest BCUT2D eigenvalue weighted by Gasteiger charge is 2.56. The predicted molar refractivity (Wildman–Crippen MR) is 152 cm³/mol. The van der Waals surface area contributed by atoms with Crippen LogP contribution >= 0.6 is 0 Å². The normalized spacial score (nSPS) is 21.5. The largest absolute Gasteiger partial charge is 0.385 e. The minimum Gasteiger partial charge on any atom is -0.385 e. The lowest BCUT2D eigenvalue weighted by Gasteiger charge is -2.54. The van der Waals surface area contributed by atoms with Gasteiger partial charge in [0.1, 0.15) is 23.4 Å². The minimum atomic E-state index is -1.13. The van der Waals surface area contributed by atoms with Gasteiger partial charge in [0.15, 0.2) is 0 Å². The van der Waals surface area contributed by atoms with E-state index in [1.165, 1.54) is 25.3 Å². The Kier molecular flexibility index (Phi) is 8.58. The fourth-order valence-corrected chi connectivity index (χ4v) is 5.71. The highest BCUT2D eigenvalue weighted by atomic mass is 16.7. The van der Waals surface area contributed by atoms with E-state index in [9.17, 15) is 20.0 Å². The second-order valence-corrected chi connectivity index (χ2v) is 10.8. The number of piperazine rings is 1. The van der Waals surface area contributed by atoms with Gasteiger partial charge in [-0.3, -0.25) is 19.9 Å². The third kappa shape index (κ3) is 5.61. The predicted octanol–water partition coefficient (Wildman–Crippen LogP) is 1.37. The number of ether oxygens (including phenoxy) is 3. The quantitative estimate of drug-likeness (QED) is 0.275. The maximum atomic E-state index is 13.7. The first-order valence-corrected chi connectivity index (χ1v) is 13.7. The van der Waals surface area contributed by atoms with E-state index in [-0.39, 0.29) is 24.3 Å². The summed E-state index contributed by atoms with van der Waals surface area (Å²) in [7, 11) is 6.47. The number of pyridine rings is 2. The van der Waals surface area contributed by atoms with Crippen LogP contribution in [-0.4, -0.2) is 104 Å². The Morgan fingerprint density at radius 3 is 2.69 bits per heavy atom. The Morgan fingerprint density at radius 2 is 2.02 bits per heavy atom. The van der Waals surface area contributed by atoms with Crippen molar-refractivity contribution in [2.24, 2.45) is 0 Å². The number of aromatic nitrogens is 2. The van der Waals surface area contributed by atoms with Crippen LogP contribution in [0.5, 0.6) is 0 Å². The first-order chi connectivity index (χ1) is 20.2. The molecule has 42 heavy (non-hydrogen) atoms. The second-order valence-electron chi connectivity index (χ2n) is 10.8. The summed E-state index contributed by atoms with van der Waals surface area (Å²) in [4.78, 5) is 40.8. The van der Waals surface area contributed by atoms with Gasteiger partial charge in [-0.1, -0.05) is 0 Å². The zero-order valence-electron chi connectivity index (χ0n) is 24.2. The molecule has 224 valence electrons. The van der Waals surface area contributed by atoms with Crippen LogP contribution in [0.3, 0.4) is 0 Å². The van der Waals surface area contributed by atoms with Crippen molar-refractivity contribution in [3.8, 4) is 6.07 Å². The molecular weight excluding hydrogens is 544 g/mol. The third-order valence-corrected chi connectivity index (χ3v) is 7.98. The Labute approximate surface area is 244 Å². The van der Waals surface area contributed by atoms with Crippen molar-refractivity contribution < 1.29 is 28.9 Å². The number of carbonyl (C=O) groups excluding carboxylic acids is 2. The van der Waals surface area contributed by atoms with E-state index in [4.69, 9.17) is 19.2 Å². The molecule has 4 aliphatic rings. The molecule has 3 aliphatic heterocycles. The van der Waals surface area contributed by atoms with E-state index in [0.717, 1.165) is 6.54 Å². The molecule has 2 aromatic rings. The molecule has 3 N–H and O–H groups in total. The van der Waals surface area contributed by atoms with Gasteiger partial charge in [0.25, 0.3) is 0 Å². The summed E-state index contributed by atoms with van der Waals surface area (Å²) in [6.07, 6.45) is 1.24. The number of anilines is 3. The average molecular weight is 581 g/mol. The topological polar surface area (TPSA) is 165 Å². The van der Waals surface area contributed by atoms with E-state index in [1.54, 1.807) is 18.1 Å². The number of nitriles is 1. The fourth-order valence-electron chi connectivity index (χ4n) is 5.71. The standard InChI is InChI=1S/C28H36N8O6/c1-34-6-7-35(23(37)16-34)15-17-9-20-25(33-24(17)26(41-3)42-4)36(19-11-28(20,39)12-19)27(38)32-22-10-21(30-5-8-40-2)18(13-29)14-31-22/h9-10,14,19,26,39H,5-8,11-12,15-16H2,1-4H3,(H2,30,31,32,38). The van der Waals surface area contributed by atoms with Gasteiger partial charge >= 0.3 is 6.03 Å². The molecule has 0 atom stereocenters. The van der Waals surface area contributed by atoms with Gasteiger partial charge < -0.3 is 29.5 Å². The molecular formula is C28H36N8O6. The molecule has 1 saturated heterocycles. The van der Waals surface area contributed by atoms with Crippen molar-refractivity contribution in [1.29, 1.82) is 5.26 Å². The van der Waals surface area contributed by atoms with Gasteiger partial charge in [0.2, 0.25) is 12.2 Å². The van der Waals surface area contributed by atoms with E-state index in [1.807, 2.05) is 18.0 Å². The first kappa shape index (κ1) is 29.6. The molecule has 14 heteroatoms. The van der Waals surface area contributed by atoms with Crippen LogP contribution in [0, 0.1) is 11.3 Å². The lowest BCUT2D eigenvalue weighted by atomic mass is 9.67. The molecule has 2 fully saturated rings. The molecule has 1 aliphatic carbocycles. The van der Waals surface area contributed by atoms with Gasteiger partial charge in [-0.05, 0) is 18.7 Å². The van der Waals surface area contributed by atoms with Gasteiger partial charge in [0.05, 0.1) is 30.0 Å². The minimum absolute atomic E-state index is 0.00627. The monoisotopic (exact) mass is 580 g/mol. The molecule has 2 bridgehead atoms. The third-order valence-electron chi connectivity index (χ3n) is 7.98. The Balaban J connectivity index is 1.47. The maximum Gasteiger partial charge on any atom is 0.328 e. The van der Waals surface area contributed by atoms with Crippen LogP contribution in [0.4, 0.5) is 22.1 Å². The molecule has 6 rings (SSSR count). The molecule has 3 amide bonds. The zero-order chi connectivity index (χ0) is 30.0. The maximum absolute atomic E-state index is 13.7. The number of aliphatic hydroxyl groups is 1. The average Bonchev–Trinajstić information content (AvgIpc) is 2.95. The van der Waals surface area contributed by atoms with Gasteiger partial charge in [-0.25, -0.2) is 14.8 Å². The number of hydrogen-bond donors (Lipinski definition) is 3. The van der Waals surface area contributed by atoms with Crippen LogP contribution < -0.4 is 15.5 Å². The van der Waals surface area contributed by atoms with Crippen LogP contribution in [0.15, 0.2) is 18.3 Å². The molecule has 1 saturated carbocycles.